The Bertz CT molecular complexity index is 323. The number of rotatable bonds is 11. The summed E-state index contributed by atoms with van der Waals surface area (Å²) in [6.45, 7) is 2.10. The molecule has 6 nitrogen and oxygen atoms in total. The molecule has 0 saturated heterocycles. The van der Waals surface area contributed by atoms with Crippen molar-refractivity contribution in [1.29, 1.82) is 0 Å². The van der Waals surface area contributed by atoms with Gasteiger partial charge in [0, 0.05) is 12.8 Å². The topological polar surface area (TPSA) is 104 Å². The summed E-state index contributed by atoms with van der Waals surface area (Å²) in [5.74, 6) is -2.59. The molecular weight excluding hydrogens is 296 g/mol. The smallest absolute Gasteiger partial charge is 1.00 e. The fraction of sp³-hybridized carbons (Fsp3) is 0.769. The van der Waals surface area contributed by atoms with Crippen LogP contribution in [-0.2, 0) is 14.4 Å². The number of carboxylic acids is 2. The van der Waals surface area contributed by atoms with Crippen molar-refractivity contribution in [2.45, 2.75) is 64.3 Å². The zero-order valence-corrected chi connectivity index (χ0v) is 17.4. The van der Waals surface area contributed by atoms with Crippen molar-refractivity contribution in [2.24, 2.45) is 0 Å². The molecule has 0 unspecified atom stereocenters. The molecule has 0 spiro atoms. The number of aliphatic carboxylic acids is 2. The third-order valence-corrected chi connectivity index (χ3v) is 2.79. The van der Waals surface area contributed by atoms with Gasteiger partial charge in [-0.3, -0.25) is 9.59 Å². The summed E-state index contributed by atoms with van der Waals surface area (Å²) < 4.78 is 0. The van der Waals surface area contributed by atoms with E-state index in [1.165, 1.54) is 0 Å². The van der Waals surface area contributed by atoms with E-state index in [0.29, 0.717) is 6.42 Å². The van der Waals surface area contributed by atoms with E-state index >= 15 is 0 Å². The zero-order chi connectivity index (χ0) is 14.7. The molecule has 0 fully saturated rings. The van der Waals surface area contributed by atoms with E-state index in [9.17, 15) is 14.4 Å². The van der Waals surface area contributed by atoms with Crippen molar-refractivity contribution in [3.63, 3.8) is 0 Å². The van der Waals surface area contributed by atoms with Crippen molar-refractivity contribution in [1.82, 2.24) is 5.32 Å². The second-order valence-electron chi connectivity index (χ2n) is 4.55. The van der Waals surface area contributed by atoms with Crippen LogP contribution in [0.2, 0.25) is 0 Å². The van der Waals surface area contributed by atoms with Crippen LogP contribution in [0, 0.1) is 0 Å². The molecule has 3 N–H and O–H groups in total. The Morgan fingerprint density at radius 3 is 2.05 bits per heavy atom. The Balaban J connectivity index is -0.000000270. The third-order valence-electron chi connectivity index (χ3n) is 2.79. The summed E-state index contributed by atoms with van der Waals surface area (Å²) >= 11 is 0. The zero-order valence-electron chi connectivity index (χ0n) is 15.4. The number of carbonyl (C=O) groups is 3. The van der Waals surface area contributed by atoms with E-state index in [1.807, 2.05) is 0 Å². The largest absolute Gasteiger partial charge is 1.00 e. The van der Waals surface area contributed by atoms with Crippen molar-refractivity contribution >= 4 is 17.8 Å². The molecule has 0 aromatic heterocycles. The molecular formula is C13H25NNa2O5. The van der Waals surface area contributed by atoms with E-state index < -0.39 is 18.0 Å². The summed E-state index contributed by atoms with van der Waals surface area (Å²) in [6, 6.07) is -1.11. The van der Waals surface area contributed by atoms with Crippen molar-refractivity contribution in [3.8, 4) is 0 Å². The maximum Gasteiger partial charge on any atom is 1.00 e. The first-order chi connectivity index (χ1) is 8.97. The molecule has 0 aliphatic carbocycles. The summed E-state index contributed by atoms with van der Waals surface area (Å²) in [6.07, 6.45) is 4.96. The van der Waals surface area contributed by atoms with Crippen LogP contribution < -0.4 is 64.4 Å². The Morgan fingerprint density at radius 1 is 1.00 bits per heavy atom. The predicted molar refractivity (Wildman–Crippen MR) is 72.0 cm³/mol. The number of hydrogen-bond donors (Lipinski definition) is 3. The second-order valence-corrected chi connectivity index (χ2v) is 4.55. The van der Waals surface area contributed by atoms with E-state index in [0.717, 1.165) is 32.1 Å². The number of hydrogen-bond acceptors (Lipinski definition) is 3. The fourth-order valence-corrected chi connectivity index (χ4v) is 1.68. The van der Waals surface area contributed by atoms with Crippen LogP contribution in [0.3, 0.4) is 0 Å². The van der Waals surface area contributed by atoms with Crippen LogP contribution in [0.5, 0.6) is 0 Å². The molecule has 0 bridgehead atoms. The average Bonchev–Trinajstić information content (AvgIpc) is 2.33. The van der Waals surface area contributed by atoms with Gasteiger partial charge in [-0.2, -0.15) is 0 Å². The Kier molecular flexibility index (Phi) is 21.0. The van der Waals surface area contributed by atoms with Crippen molar-refractivity contribution in [3.05, 3.63) is 0 Å². The van der Waals surface area contributed by atoms with E-state index in [-0.39, 0.29) is 80.7 Å². The van der Waals surface area contributed by atoms with Gasteiger partial charge in [0.2, 0.25) is 5.91 Å². The minimum absolute atomic E-state index is 0. The van der Waals surface area contributed by atoms with Gasteiger partial charge < -0.3 is 18.4 Å². The third kappa shape index (κ3) is 16.6. The van der Waals surface area contributed by atoms with Gasteiger partial charge >= 0.3 is 71.1 Å². The van der Waals surface area contributed by atoms with Crippen molar-refractivity contribution < 1.29 is 86.6 Å². The number of unbranched alkanes of at least 4 members (excludes halogenated alkanes) is 4. The van der Waals surface area contributed by atoms with Gasteiger partial charge in [-0.15, -0.1) is 0 Å². The number of carboxylic acid groups (broad SMARTS) is 2. The molecule has 0 rings (SSSR count). The molecule has 8 heteroatoms. The van der Waals surface area contributed by atoms with Crippen LogP contribution >= 0.6 is 0 Å². The first-order valence-corrected chi connectivity index (χ1v) is 6.71. The molecule has 21 heavy (non-hydrogen) atoms. The van der Waals surface area contributed by atoms with Crippen LogP contribution in [-0.4, -0.2) is 34.1 Å². The molecule has 0 radical (unpaired) electrons. The number of carbonyl (C=O) groups excluding carboxylic acids is 1. The van der Waals surface area contributed by atoms with Gasteiger partial charge in [0.05, 0.1) is 0 Å². The monoisotopic (exact) mass is 321 g/mol. The molecule has 0 aromatic rings. The van der Waals surface area contributed by atoms with E-state index in [2.05, 4.69) is 12.2 Å². The van der Waals surface area contributed by atoms with Crippen LogP contribution in [0.1, 0.15) is 61.1 Å². The van der Waals surface area contributed by atoms with Crippen LogP contribution in [0.15, 0.2) is 0 Å². The van der Waals surface area contributed by atoms with Gasteiger partial charge in [-0.1, -0.05) is 32.6 Å². The molecule has 0 aliphatic rings. The fourth-order valence-electron chi connectivity index (χ4n) is 1.68. The normalized spacial score (nSPS) is 10.7. The Morgan fingerprint density at radius 2 is 1.57 bits per heavy atom. The molecule has 0 aliphatic heterocycles. The summed E-state index contributed by atoms with van der Waals surface area (Å²) in [5, 5.41) is 19.7. The average molecular weight is 321 g/mol. The molecule has 1 atom stereocenters. The number of amides is 1. The van der Waals surface area contributed by atoms with Gasteiger partial charge in [0.15, 0.2) is 0 Å². The van der Waals surface area contributed by atoms with Crippen molar-refractivity contribution in [2.75, 3.05) is 0 Å². The van der Waals surface area contributed by atoms with Gasteiger partial charge in [0.25, 0.3) is 0 Å². The van der Waals surface area contributed by atoms with Crippen LogP contribution in [0.4, 0.5) is 0 Å². The molecule has 0 heterocycles. The first-order valence-electron chi connectivity index (χ1n) is 6.71. The molecule has 0 aromatic carbocycles. The summed E-state index contributed by atoms with van der Waals surface area (Å²) in [4.78, 5) is 32.7. The maximum atomic E-state index is 11.5. The SMILES string of the molecule is CCCCCCCC(=O)N[C@@H](CCC(=O)O)C(=O)O.[H-].[H-].[Na+].[Na+]. The number of nitrogens with one attached hydrogen (secondary N) is 1. The minimum Gasteiger partial charge on any atom is -1.00 e. The van der Waals surface area contributed by atoms with E-state index in [4.69, 9.17) is 10.2 Å². The quantitative estimate of drug-likeness (QED) is 0.266. The van der Waals surface area contributed by atoms with Gasteiger partial charge in [-0.25, -0.2) is 4.79 Å². The van der Waals surface area contributed by atoms with Crippen LogP contribution in [0.25, 0.3) is 0 Å². The summed E-state index contributed by atoms with van der Waals surface area (Å²) in [7, 11) is 0. The maximum absolute atomic E-state index is 11.5. The predicted octanol–water partition coefficient (Wildman–Crippen LogP) is -3.99. The Hall–Kier alpha value is 0.410. The van der Waals surface area contributed by atoms with E-state index in [1.54, 1.807) is 0 Å². The van der Waals surface area contributed by atoms with Gasteiger partial charge in [0.1, 0.15) is 6.04 Å². The van der Waals surface area contributed by atoms with Gasteiger partial charge in [-0.05, 0) is 12.8 Å². The molecule has 114 valence electrons. The summed E-state index contributed by atoms with van der Waals surface area (Å²) in [5.41, 5.74) is 0. The molecule has 1 amide bonds. The Labute approximate surface area is 173 Å². The molecule has 0 saturated carbocycles. The second kappa shape index (κ2) is 16.8. The standard InChI is InChI=1S/C13H23NO5.2Na.2H/c1-2-3-4-5-6-7-11(15)14-10(13(18)19)8-9-12(16)17;;;;/h10H,2-9H2,1H3,(H,14,15)(H,16,17)(H,18,19);;;;/q;2*+1;2*-1/t10-;;;;/m0..../s1. The minimum atomic E-state index is -1.19. The first kappa shape index (κ1) is 26.3.